The van der Waals surface area contributed by atoms with Crippen molar-refractivity contribution in [2.24, 2.45) is 0 Å². The normalized spacial score (nSPS) is 13.1. The van der Waals surface area contributed by atoms with Gasteiger partial charge in [0, 0.05) is 61.1 Å². The molecule has 0 spiro atoms. The standard InChI is InChI=1S/C33H39FN8O3/c1-23-19-30(41-32(38-23)25-9-13-35-14-10-25)40-29(33(43)44)11-16-42(17-18-45-28-20-26(34)21-36-22-28)15-3-2-6-27-8-7-24-5-4-12-37-31(24)39-27/h7-10,13-14,19-22,29H,2-6,11-12,15-18H2,1H3,(H,37,39)(H,43,44)(H,38,40,41). The first-order chi connectivity index (χ1) is 21.9. The van der Waals surface area contributed by atoms with Gasteiger partial charge in [-0.1, -0.05) is 6.07 Å². The van der Waals surface area contributed by atoms with Gasteiger partial charge >= 0.3 is 5.97 Å². The smallest absolute Gasteiger partial charge is 0.326 e. The van der Waals surface area contributed by atoms with Gasteiger partial charge in [0.1, 0.15) is 35.9 Å². The minimum absolute atomic E-state index is 0.314. The number of fused-ring (bicyclic) bond motifs is 1. The summed E-state index contributed by atoms with van der Waals surface area (Å²) in [5.74, 6) is 0.879. The van der Waals surface area contributed by atoms with Gasteiger partial charge in [0.2, 0.25) is 0 Å². The lowest BCUT2D eigenvalue weighted by molar-refractivity contribution is -0.138. The Hall–Kier alpha value is -4.71. The summed E-state index contributed by atoms with van der Waals surface area (Å²) in [4.78, 5) is 36.2. The number of pyridine rings is 3. The summed E-state index contributed by atoms with van der Waals surface area (Å²) in [6, 6.07) is 10.1. The van der Waals surface area contributed by atoms with E-state index in [0.29, 0.717) is 43.5 Å². The van der Waals surface area contributed by atoms with E-state index in [1.54, 1.807) is 18.5 Å². The molecule has 0 saturated carbocycles. The SMILES string of the molecule is Cc1cc(NC(CCN(CCCCc2ccc3c(n2)NCCC3)CCOc2cncc(F)c2)C(=O)O)nc(-c2ccncc2)n1. The lowest BCUT2D eigenvalue weighted by Crippen LogP contribution is -2.37. The minimum atomic E-state index is -0.967. The van der Waals surface area contributed by atoms with Gasteiger partial charge in [0.05, 0.1) is 12.4 Å². The third-order valence-electron chi connectivity index (χ3n) is 7.61. The zero-order valence-corrected chi connectivity index (χ0v) is 25.5. The highest BCUT2D eigenvalue weighted by Crippen LogP contribution is 2.21. The van der Waals surface area contributed by atoms with Crippen LogP contribution in [0.4, 0.5) is 16.0 Å². The summed E-state index contributed by atoms with van der Waals surface area (Å²) < 4.78 is 19.3. The van der Waals surface area contributed by atoms with Crippen LogP contribution in [0.25, 0.3) is 11.4 Å². The summed E-state index contributed by atoms with van der Waals surface area (Å²) >= 11 is 0. The Morgan fingerprint density at radius 2 is 1.93 bits per heavy atom. The molecule has 0 bridgehead atoms. The first-order valence-corrected chi connectivity index (χ1v) is 15.4. The Kier molecular flexibility index (Phi) is 11.2. The summed E-state index contributed by atoms with van der Waals surface area (Å²) in [5.41, 5.74) is 3.86. The first-order valence-electron chi connectivity index (χ1n) is 15.4. The van der Waals surface area contributed by atoms with Gasteiger partial charge in [0.15, 0.2) is 5.82 Å². The Balaban J connectivity index is 1.19. The summed E-state index contributed by atoms with van der Waals surface area (Å²) in [7, 11) is 0. The molecule has 1 unspecified atom stereocenters. The molecular formula is C33H39FN8O3. The zero-order valence-electron chi connectivity index (χ0n) is 25.5. The van der Waals surface area contributed by atoms with Crippen LogP contribution in [0.3, 0.4) is 0 Å². The van der Waals surface area contributed by atoms with E-state index in [0.717, 1.165) is 74.2 Å². The van der Waals surface area contributed by atoms with Crippen LogP contribution in [-0.4, -0.2) is 79.7 Å². The van der Waals surface area contributed by atoms with Crippen molar-refractivity contribution in [3.63, 3.8) is 0 Å². The lowest BCUT2D eigenvalue weighted by atomic mass is 10.1. The number of carboxylic acids is 1. The number of nitrogens with one attached hydrogen (secondary N) is 2. The highest BCUT2D eigenvalue weighted by Gasteiger charge is 2.20. The second-order valence-corrected chi connectivity index (χ2v) is 11.1. The topological polar surface area (TPSA) is 138 Å². The molecule has 236 valence electrons. The Bertz CT molecular complexity index is 1560. The summed E-state index contributed by atoms with van der Waals surface area (Å²) in [6.07, 6.45) is 11.2. The number of nitrogens with zero attached hydrogens (tertiary/aromatic N) is 6. The average Bonchev–Trinajstić information content (AvgIpc) is 3.04. The molecular weight excluding hydrogens is 575 g/mol. The molecule has 0 radical (unpaired) electrons. The second-order valence-electron chi connectivity index (χ2n) is 11.1. The van der Waals surface area contributed by atoms with Gasteiger partial charge in [-0.2, -0.15) is 0 Å². The number of unbranched alkanes of at least 4 members (excludes halogenated alkanes) is 1. The number of hydrogen-bond donors (Lipinski definition) is 3. The van der Waals surface area contributed by atoms with Crippen molar-refractivity contribution in [2.75, 3.05) is 43.4 Å². The molecule has 3 N–H and O–H groups in total. The summed E-state index contributed by atoms with van der Waals surface area (Å²) in [6.45, 7) is 4.92. The molecule has 0 amide bonds. The van der Waals surface area contributed by atoms with Gasteiger partial charge in [-0.25, -0.2) is 24.1 Å². The monoisotopic (exact) mass is 614 g/mol. The molecule has 0 saturated heterocycles. The molecule has 4 aromatic rings. The molecule has 1 aliphatic rings. The van der Waals surface area contributed by atoms with E-state index >= 15 is 0 Å². The molecule has 0 aliphatic carbocycles. The van der Waals surface area contributed by atoms with Crippen LogP contribution in [0.2, 0.25) is 0 Å². The predicted molar refractivity (Wildman–Crippen MR) is 170 cm³/mol. The van der Waals surface area contributed by atoms with Gasteiger partial charge in [0.25, 0.3) is 0 Å². The maximum Gasteiger partial charge on any atom is 0.326 e. The zero-order chi connectivity index (χ0) is 31.4. The highest BCUT2D eigenvalue weighted by atomic mass is 19.1. The van der Waals surface area contributed by atoms with E-state index in [-0.39, 0.29) is 0 Å². The van der Waals surface area contributed by atoms with Crippen molar-refractivity contribution in [3.8, 4) is 17.1 Å². The fourth-order valence-electron chi connectivity index (χ4n) is 5.27. The molecule has 1 aliphatic heterocycles. The molecule has 0 fully saturated rings. The number of rotatable bonds is 16. The fraction of sp³-hybridized carbons (Fsp3) is 0.394. The summed E-state index contributed by atoms with van der Waals surface area (Å²) in [5, 5.41) is 16.6. The molecule has 5 heterocycles. The maximum atomic E-state index is 13.6. The van der Waals surface area contributed by atoms with Crippen molar-refractivity contribution in [1.82, 2.24) is 29.8 Å². The van der Waals surface area contributed by atoms with Crippen LogP contribution in [0, 0.1) is 12.7 Å². The van der Waals surface area contributed by atoms with Crippen LogP contribution in [0.5, 0.6) is 5.75 Å². The number of carboxylic acid groups (broad SMARTS) is 1. The second kappa shape index (κ2) is 15.8. The molecule has 45 heavy (non-hydrogen) atoms. The molecule has 12 heteroatoms. The fourth-order valence-corrected chi connectivity index (χ4v) is 5.27. The average molecular weight is 615 g/mol. The molecule has 1 atom stereocenters. The van der Waals surface area contributed by atoms with Crippen molar-refractivity contribution in [1.29, 1.82) is 0 Å². The largest absolute Gasteiger partial charge is 0.491 e. The minimum Gasteiger partial charge on any atom is -0.491 e. The van der Waals surface area contributed by atoms with Crippen LogP contribution < -0.4 is 15.4 Å². The van der Waals surface area contributed by atoms with E-state index in [1.165, 1.54) is 17.8 Å². The van der Waals surface area contributed by atoms with E-state index in [4.69, 9.17) is 9.72 Å². The van der Waals surface area contributed by atoms with Gasteiger partial charge in [-0.05, 0) is 75.8 Å². The first kappa shape index (κ1) is 31.7. The maximum absolute atomic E-state index is 13.6. The predicted octanol–water partition coefficient (Wildman–Crippen LogP) is 4.79. The van der Waals surface area contributed by atoms with Gasteiger partial charge in [-0.3, -0.25) is 14.9 Å². The van der Waals surface area contributed by atoms with E-state index in [1.807, 2.05) is 19.1 Å². The van der Waals surface area contributed by atoms with Crippen molar-refractivity contribution in [2.45, 2.75) is 51.5 Å². The number of carbonyl (C=O) groups is 1. The Labute approximate surface area is 262 Å². The van der Waals surface area contributed by atoms with Gasteiger partial charge in [-0.15, -0.1) is 0 Å². The lowest BCUT2D eigenvalue weighted by Gasteiger charge is -2.25. The number of ether oxygens (including phenoxy) is 1. The van der Waals surface area contributed by atoms with E-state index in [9.17, 15) is 14.3 Å². The number of halogens is 1. The highest BCUT2D eigenvalue weighted by molar-refractivity contribution is 5.77. The van der Waals surface area contributed by atoms with Crippen LogP contribution in [-0.2, 0) is 17.6 Å². The number of anilines is 2. The Morgan fingerprint density at radius 3 is 2.76 bits per heavy atom. The number of aryl methyl sites for hydroxylation is 3. The third kappa shape index (κ3) is 9.64. The third-order valence-corrected chi connectivity index (χ3v) is 7.61. The van der Waals surface area contributed by atoms with Crippen molar-refractivity contribution in [3.05, 3.63) is 84.0 Å². The van der Waals surface area contributed by atoms with E-state index < -0.39 is 17.8 Å². The van der Waals surface area contributed by atoms with Crippen LogP contribution in [0.1, 0.15) is 42.6 Å². The van der Waals surface area contributed by atoms with Crippen LogP contribution in [0.15, 0.2) is 61.2 Å². The molecule has 4 aromatic heterocycles. The molecule has 5 rings (SSSR count). The molecule has 0 aromatic carbocycles. The number of aromatic nitrogens is 5. The van der Waals surface area contributed by atoms with Crippen molar-refractivity contribution < 1.29 is 19.0 Å². The molecule has 11 nitrogen and oxygen atoms in total. The van der Waals surface area contributed by atoms with E-state index in [2.05, 4.69) is 47.6 Å². The quantitative estimate of drug-likeness (QED) is 0.150. The Morgan fingerprint density at radius 1 is 1.07 bits per heavy atom. The van der Waals surface area contributed by atoms with Crippen LogP contribution >= 0.6 is 0 Å². The number of aliphatic carboxylic acids is 1. The van der Waals surface area contributed by atoms with Crippen molar-refractivity contribution >= 4 is 17.6 Å². The number of hydrogen-bond acceptors (Lipinski definition) is 10. The van der Waals surface area contributed by atoms with Gasteiger partial charge < -0.3 is 20.5 Å².